The number of aliphatic carboxylic acids is 1. The number of carboxylic acid groups (broad SMARTS) is 1. The van der Waals surface area contributed by atoms with Gasteiger partial charge in [0.1, 0.15) is 0 Å². The molecule has 0 unspecified atom stereocenters. The van der Waals surface area contributed by atoms with Crippen LogP contribution in [-0.2, 0) is 9.59 Å². The third-order valence-electron chi connectivity index (χ3n) is 3.39. The number of carboxylic acids is 1. The monoisotopic (exact) mass is 293 g/mol. The summed E-state index contributed by atoms with van der Waals surface area (Å²) in [5.74, 6) is -0.415. The molecule has 0 bridgehead atoms. The zero-order valence-electron chi connectivity index (χ0n) is 11.9. The van der Waals surface area contributed by atoms with Crippen molar-refractivity contribution in [3.05, 3.63) is 24.3 Å². The minimum Gasteiger partial charge on any atom is -0.490 e. The topological polar surface area (TPSA) is 76.1 Å². The highest BCUT2D eigenvalue weighted by Crippen LogP contribution is 2.26. The molecule has 1 aliphatic heterocycles. The fraction of sp³-hybridized carbons (Fsp3) is 0.467. The molecule has 1 aliphatic rings. The van der Waals surface area contributed by atoms with Gasteiger partial charge in [0.15, 0.2) is 18.1 Å². The Bertz CT molecular complexity index is 517. The highest BCUT2D eigenvalue weighted by atomic mass is 16.5. The van der Waals surface area contributed by atoms with Crippen LogP contribution in [0, 0.1) is 5.92 Å². The molecule has 114 valence electrons. The lowest BCUT2D eigenvalue weighted by Gasteiger charge is -2.17. The normalized spacial score (nSPS) is 17.6. The molecule has 1 atom stereocenters. The highest BCUT2D eigenvalue weighted by molar-refractivity contribution is 5.80. The van der Waals surface area contributed by atoms with Gasteiger partial charge >= 0.3 is 5.97 Å². The maximum atomic E-state index is 12.0. The molecule has 21 heavy (non-hydrogen) atoms. The standard InChI is InChI=1S/C15H19NO5/c1-2-20-12-5-3-4-6-13(12)21-10-14(17)16-8-7-11(9-16)15(18)19/h3-6,11H,2,7-10H2,1H3,(H,18,19)/t11-/m0/s1. The Morgan fingerprint density at radius 3 is 2.52 bits per heavy atom. The molecular formula is C15H19NO5. The highest BCUT2D eigenvalue weighted by Gasteiger charge is 2.30. The van der Waals surface area contributed by atoms with E-state index in [0.717, 1.165) is 0 Å². The first-order valence-electron chi connectivity index (χ1n) is 6.97. The lowest BCUT2D eigenvalue weighted by atomic mass is 10.1. The Labute approximate surface area is 123 Å². The summed E-state index contributed by atoms with van der Waals surface area (Å²) in [5.41, 5.74) is 0. The van der Waals surface area contributed by atoms with Crippen molar-refractivity contribution in [2.75, 3.05) is 26.3 Å². The minimum atomic E-state index is -0.854. The molecule has 0 saturated carbocycles. The number of ether oxygens (including phenoxy) is 2. The first kappa shape index (κ1) is 15.2. The van der Waals surface area contributed by atoms with Gasteiger partial charge in [0.25, 0.3) is 5.91 Å². The van der Waals surface area contributed by atoms with E-state index >= 15 is 0 Å². The SMILES string of the molecule is CCOc1ccccc1OCC(=O)N1CC[C@H](C(=O)O)C1. The zero-order chi connectivity index (χ0) is 15.2. The molecule has 0 radical (unpaired) electrons. The predicted octanol–water partition coefficient (Wildman–Crippen LogP) is 1.40. The maximum Gasteiger partial charge on any atom is 0.308 e. The largest absolute Gasteiger partial charge is 0.490 e. The van der Waals surface area contributed by atoms with Gasteiger partial charge in [-0.1, -0.05) is 12.1 Å². The van der Waals surface area contributed by atoms with Crippen molar-refractivity contribution in [1.29, 1.82) is 0 Å². The van der Waals surface area contributed by atoms with Crippen LogP contribution in [-0.4, -0.2) is 48.2 Å². The van der Waals surface area contributed by atoms with E-state index in [-0.39, 0.29) is 19.1 Å². The van der Waals surface area contributed by atoms with E-state index in [1.807, 2.05) is 13.0 Å². The molecule has 2 rings (SSSR count). The Morgan fingerprint density at radius 2 is 1.95 bits per heavy atom. The third-order valence-corrected chi connectivity index (χ3v) is 3.39. The number of likely N-dealkylation sites (tertiary alicyclic amines) is 1. The van der Waals surface area contributed by atoms with Crippen molar-refractivity contribution < 1.29 is 24.2 Å². The Hall–Kier alpha value is -2.24. The summed E-state index contributed by atoms with van der Waals surface area (Å²) in [5, 5.41) is 8.93. The molecule has 1 N–H and O–H groups in total. The number of hydrogen-bond donors (Lipinski definition) is 1. The minimum absolute atomic E-state index is 0.115. The molecule has 6 nitrogen and oxygen atoms in total. The molecule has 1 amide bonds. The van der Waals surface area contributed by atoms with Gasteiger partial charge in [-0.25, -0.2) is 0 Å². The van der Waals surface area contributed by atoms with Gasteiger partial charge in [0.05, 0.1) is 12.5 Å². The first-order chi connectivity index (χ1) is 10.1. The quantitative estimate of drug-likeness (QED) is 0.858. The van der Waals surface area contributed by atoms with Crippen molar-refractivity contribution >= 4 is 11.9 Å². The van der Waals surface area contributed by atoms with E-state index in [9.17, 15) is 9.59 Å². The number of para-hydroxylation sites is 2. The van der Waals surface area contributed by atoms with Crippen LogP contribution in [0.25, 0.3) is 0 Å². The summed E-state index contributed by atoms with van der Waals surface area (Å²) >= 11 is 0. The summed E-state index contributed by atoms with van der Waals surface area (Å²) in [4.78, 5) is 24.4. The second-order valence-corrected chi connectivity index (χ2v) is 4.83. The van der Waals surface area contributed by atoms with Crippen LogP contribution in [0.2, 0.25) is 0 Å². The second kappa shape index (κ2) is 6.97. The van der Waals surface area contributed by atoms with E-state index in [2.05, 4.69) is 0 Å². The average Bonchev–Trinajstić information content (AvgIpc) is 2.96. The smallest absolute Gasteiger partial charge is 0.308 e. The third kappa shape index (κ3) is 3.87. The number of benzene rings is 1. The summed E-state index contributed by atoms with van der Waals surface area (Å²) in [7, 11) is 0. The van der Waals surface area contributed by atoms with Crippen molar-refractivity contribution in [2.45, 2.75) is 13.3 Å². The van der Waals surface area contributed by atoms with Crippen LogP contribution in [0.4, 0.5) is 0 Å². The molecule has 1 aromatic carbocycles. The van der Waals surface area contributed by atoms with Crippen molar-refractivity contribution in [3.63, 3.8) is 0 Å². The Balaban J connectivity index is 1.89. The summed E-state index contributed by atoms with van der Waals surface area (Å²) in [6, 6.07) is 7.15. The van der Waals surface area contributed by atoms with Crippen molar-refractivity contribution in [3.8, 4) is 11.5 Å². The van der Waals surface area contributed by atoms with Crippen LogP contribution < -0.4 is 9.47 Å². The number of carbonyl (C=O) groups is 2. The lowest BCUT2D eigenvalue weighted by Crippen LogP contribution is -2.33. The molecular weight excluding hydrogens is 274 g/mol. The number of rotatable bonds is 6. The number of hydrogen-bond acceptors (Lipinski definition) is 4. The average molecular weight is 293 g/mol. The van der Waals surface area contributed by atoms with Crippen molar-refractivity contribution in [1.82, 2.24) is 4.90 Å². The number of nitrogens with zero attached hydrogens (tertiary/aromatic N) is 1. The molecule has 6 heteroatoms. The van der Waals surface area contributed by atoms with Crippen LogP contribution in [0.5, 0.6) is 11.5 Å². The fourth-order valence-corrected chi connectivity index (χ4v) is 2.26. The van der Waals surface area contributed by atoms with Crippen LogP contribution in [0.15, 0.2) is 24.3 Å². The predicted molar refractivity (Wildman–Crippen MR) is 75.4 cm³/mol. The molecule has 0 aromatic heterocycles. The maximum absolute atomic E-state index is 12.0. The van der Waals surface area contributed by atoms with E-state index < -0.39 is 11.9 Å². The van der Waals surface area contributed by atoms with Gasteiger partial charge in [0, 0.05) is 13.1 Å². The second-order valence-electron chi connectivity index (χ2n) is 4.83. The van der Waals surface area contributed by atoms with Crippen LogP contribution in [0.3, 0.4) is 0 Å². The number of carbonyl (C=O) groups excluding carboxylic acids is 1. The van der Waals surface area contributed by atoms with E-state index in [1.54, 1.807) is 18.2 Å². The van der Waals surface area contributed by atoms with Gasteiger partial charge < -0.3 is 19.5 Å². The van der Waals surface area contributed by atoms with Gasteiger partial charge in [-0.2, -0.15) is 0 Å². The summed E-state index contributed by atoms with van der Waals surface area (Å²) in [6.07, 6.45) is 0.497. The summed E-state index contributed by atoms with van der Waals surface area (Å²) in [6.45, 7) is 2.99. The molecule has 1 heterocycles. The molecule has 0 spiro atoms. The first-order valence-corrected chi connectivity index (χ1v) is 6.97. The van der Waals surface area contributed by atoms with Crippen LogP contribution >= 0.6 is 0 Å². The lowest BCUT2D eigenvalue weighted by molar-refractivity contribution is -0.141. The van der Waals surface area contributed by atoms with Crippen molar-refractivity contribution in [2.24, 2.45) is 5.92 Å². The van der Waals surface area contributed by atoms with Gasteiger partial charge in [-0.05, 0) is 25.5 Å². The van der Waals surface area contributed by atoms with Gasteiger partial charge in [-0.3, -0.25) is 9.59 Å². The molecule has 1 aromatic rings. The molecule has 1 fully saturated rings. The van der Waals surface area contributed by atoms with Gasteiger partial charge in [0.2, 0.25) is 0 Å². The zero-order valence-corrected chi connectivity index (χ0v) is 11.9. The molecule has 0 aliphatic carbocycles. The van der Waals surface area contributed by atoms with Crippen LogP contribution in [0.1, 0.15) is 13.3 Å². The van der Waals surface area contributed by atoms with Gasteiger partial charge in [-0.15, -0.1) is 0 Å². The van der Waals surface area contributed by atoms with E-state index in [0.29, 0.717) is 31.1 Å². The Kier molecular flexibility index (Phi) is 5.03. The molecule has 1 saturated heterocycles. The van der Waals surface area contributed by atoms with E-state index in [4.69, 9.17) is 14.6 Å². The number of amides is 1. The summed E-state index contributed by atoms with van der Waals surface area (Å²) < 4.78 is 10.9. The Morgan fingerprint density at radius 1 is 1.29 bits per heavy atom. The van der Waals surface area contributed by atoms with E-state index in [1.165, 1.54) is 4.90 Å². The fourth-order valence-electron chi connectivity index (χ4n) is 2.26.